The molecule has 1 unspecified atom stereocenters. The molecule has 0 spiro atoms. The van der Waals surface area contributed by atoms with Crippen LogP contribution in [0.3, 0.4) is 0 Å². The Balaban J connectivity index is 1.78. The average molecular weight is 330 g/mol. The zero-order valence-corrected chi connectivity index (χ0v) is 13.7. The van der Waals surface area contributed by atoms with Gasteiger partial charge in [-0.1, -0.05) is 0 Å². The van der Waals surface area contributed by atoms with Gasteiger partial charge in [0.15, 0.2) is 0 Å². The fraction of sp³-hybridized carbons (Fsp3) is 0.375. The molecule has 0 aliphatic carbocycles. The molecule has 2 aromatic heterocycles. The third-order valence-electron chi connectivity index (χ3n) is 3.91. The number of nitrogens with zero attached hydrogens (tertiary/aromatic N) is 3. The molecule has 1 N–H and O–H groups in total. The van der Waals surface area contributed by atoms with Crippen LogP contribution in [0, 0.1) is 0 Å². The normalized spacial score (nSPS) is 17.3. The lowest BCUT2D eigenvalue weighted by Crippen LogP contribution is -2.31. The molecule has 6 nitrogen and oxygen atoms in total. The van der Waals surface area contributed by atoms with E-state index in [1.54, 1.807) is 17.1 Å². The molecule has 23 heavy (non-hydrogen) atoms. The quantitative estimate of drug-likeness (QED) is 0.932. The van der Waals surface area contributed by atoms with Crippen molar-refractivity contribution < 1.29 is 9.59 Å². The molecule has 1 fully saturated rings. The minimum Gasteiger partial charge on any atom is -0.351 e. The smallest absolute Gasteiger partial charge is 0.273 e. The molecule has 3 heterocycles. The van der Waals surface area contributed by atoms with E-state index < -0.39 is 0 Å². The molecular formula is C16H18N4O2S. The van der Waals surface area contributed by atoms with Crippen LogP contribution in [0.1, 0.15) is 47.6 Å². The van der Waals surface area contributed by atoms with Crippen molar-refractivity contribution in [3.8, 4) is 0 Å². The van der Waals surface area contributed by atoms with Gasteiger partial charge < -0.3 is 10.2 Å². The number of nitrogens with one attached hydrogen (secondary N) is 1. The van der Waals surface area contributed by atoms with Crippen LogP contribution in [0.5, 0.6) is 0 Å². The monoisotopic (exact) mass is 330 g/mol. The number of pyridine rings is 1. The standard InChI is InChI=1S/C16H18N4O2S/c1-11(21)18-8-13-7-12(4-5-17-13)15-3-2-6-20(15)16(22)14-9-23-10-19-14/h4-5,7,9-10,15H,2-3,6,8H2,1H3,(H,18,21). The van der Waals surface area contributed by atoms with E-state index in [0.29, 0.717) is 12.2 Å². The molecule has 0 radical (unpaired) electrons. The van der Waals surface area contributed by atoms with Gasteiger partial charge in [0.1, 0.15) is 5.69 Å². The van der Waals surface area contributed by atoms with E-state index >= 15 is 0 Å². The lowest BCUT2D eigenvalue weighted by Gasteiger charge is -2.24. The van der Waals surface area contributed by atoms with Gasteiger partial charge in [-0.15, -0.1) is 11.3 Å². The summed E-state index contributed by atoms with van der Waals surface area (Å²) in [5.74, 6) is -0.104. The van der Waals surface area contributed by atoms with Gasteiger partial charge in [-0.3, -0.25) is 14.6 Å². The third-order valence-corrected chi connectivity index (χ3v) is 4.50. The second kappa shape index (κ2) is 6.87. The van der Waals surface area contributed by atoms with Gasteiger partial charge in [-0.2, -0.15) is 0 Å². The van der Waals surface area contributed by atoms with Crippen LogP contribution in [0.4, 0.5) is 0 Å². The van der Waals surface area contributed by atoms with Gasteiger partial charge in [0, 0.05) is 25.0 Å². The molecule has 1 atom stereocenters. The summed E-state index contributed by atoms with van der Waals surface area (Å²) in [5, 5.41) is 4.53. The maximum absolute atomic E-state index is 12.6. The molecule has 2 amide bonds. The van der Waals surface area contributed by atoms with Crippen LogP contribution in [0.15, 0.2) is 29.2 Å². The van der Waals surface area contributed by atoms with Crippen LogP contribution in [0.25, 0.3) is 0 Å². The average Bonchev–Trinajstić information content (AvgIpc) is 3.23. The Morgan fingerprint density at radius 1 is 1.43 bits per heavy atom. The molecule has 120 valence electrons. The SMILES string of the molecule is CC(=O)NCc1cc(C2CCCN2C(=O)c2cscn2)ccn1. The number of carbonyl (C=O) groups is 2. The first kappa shape index (κ1) is 15.6. The Morgan fingerprint density at radius 3 is 3.04 bits per heavy atom. The number of amides is 2. The molecule has 0 bridgehead atoms. The Hall–Kier alpha value is -2.28. The lowest BCUT2D eigenvalue weighted by molar-refractivity contribution is -0.119. The first-order valence-electron chi connectivity index (χ1n) is 7.53. The van der Waals surface area contributed by atoms with Crippen molar-refractivity contribution in [2.24, 2.45) is 0 Å². The number of likely N-dealkylation sites (tertiary alicyclic amines) is 1. The molecule has 7 heteroatoms. The third kappa shape index (κ3) is 3.56. The van der Waals surface area contributed by atoms with Crippen molar-refractivity contribution in [3.63, 3.8) is 0 Å². The lowest BCUT2D eigenvalue weighted by atomic mass is 10.0. The van der Waals surface area contributed by atoms with Crippen LogP contribution >= 0.6 is 11.3 Å². The second-order valence-corrected chi connectivity index (χ2v) is 6.24. The predicted octanol–water partition coefficient (Wildman–Crippen LogP) is 2.15. The van der Waals surface area contributed by atoms with Gasteiger partial charge in [-0.25, -0.2) is 4.98 Å². The van der Waals surface area contributed by atoms with E-state index in [2.05, 4.69) is 15.3 Å². The second-order valence-electron chi connectivity index (χ2n) is 5.52. The minimum atomic E-state index is -0.0848. The van der Waals surface area contributed by atoms with E-state index in [1.807, 2.05) is 17.0 Å². The molecule has 1 aliphatic heterocycles. The zero-order chi connectivity index (χ0) is 16.2. The van der Waals surface area contributed by atoms with E-state index in [-0.39, 0.29) is 17.9 Å². The summed E-state index contributed by atoms with van der Waals surface area (Å²) in [6, 6.07) is 3.95. The summed E-state index contributed by atoms with van der Waals surface area (Å²) >= 11 is 1.43. The predicted molar refractivity (Wildman–Crippen MR) is 86.9 cm³/mol. The van der Waals surface area contributed by atoms with Crippen molar-refractivity contribution in [1.29, 1.82) is 0 Å². The summed E-state index contributed by atoms with van der Waals surface area (Å²) in [5.41, 5.74) is 4.04. The van der Waals surface area contributed by atoms with Gasteiger partial charge in [-0.05, 0) is 30.5 Å². The molecule has 2 aromatic rings. The van der Waals surface area contributed by atoms with E-state index in [4.69, 9.17) is 0 Å². The Kier molecular flexibility index (Phi) is 4.66. The Labute approximate surface area is 138 Å². The number of aromatic nitrogens is 2. The summed E-state index contributed by atoms with van der Waals surface area (Å²) in [6.07, 6.45) is 3.64. The maximum Gasteiger partial charge on any atom is 0.273 e. The fourth-order valence-electron chi connectivity index (χ4n) is 2.84. The summed E-state index contributed by atoms with van der Waals surface area (Å²) in [6.45, 7) is 2.62. The van der Waals surface area contributed by atoms with Crippen molar-refractivity contribution in [1.82, 2.24) is 20.2 Å². The summed E-state index contributed by atoms with van der Waals surface area (Å²) < 4.78 is 0. The molecule has 1 aliphatic rings. The molecule has 0 saturated carbocycles. The molecular weight excluding hydrogens is 312 g/mol. The highest BCUT2D eigenvalue weighted by atomic mass is 32.1. The Bertz CT molecular complexity index is 702. The van der Waals surface area contributed by atoms with Crippen molar-refractivity contribution >= 4 is 23.2 Å². The zero-order valence-electron chi connectivity index (χ0n) is 12.9. The maximum atomic E-state index is 12.6. The first-order valence-corrected chi connectivity index (χ1v) is 8.48. The Morgan fingerprint density at radius 2 is 2.30 bits per heavy atom. The van der Waals surface area contributed by atoms with Crippen LogP contribution in [0.2, 0.25) is 0 Å². The highest BCUT2D eigenvalue weighted by Crippen LogP contribution is 2.33. The van der Waals surface area contributed by atoms with Gasteiger partial charge in [0.2, 0.25) is 5.91 Å². The van der Waals surface area contributed by atoms with E-state index in [9.17, 15) is 9.59 Å². The summed E-state index contributed by atoms with van der Waals surface area (Å²) in [7, 11) is 0. The van der Waals surface area contributed by atoms with Crippen molar-refractivity contribution in [2.75, 3.05) is 6.54 Å². The van der Waals surface area contributed by atoms with E-state index in [1.165, 1.54) is 18.3 Å². The molecule has 0 aromatic carbocycles. The highest BCUT2D eigenvalue weighted by molar-refractivity contribution is 7.07. The van der Waals surface area contributed by atoms with Gasteiger partial charge in [0.25, 0.3) is 5.91 Å². The van der Waals surface area contributed by atoms with Crippen LogP contribution < -0.4 is 5.32 Å². The van der Waals surface area contributed by atoms with Crippen LogP contribution in [-0.2, 0) is 11.3 Å². The largest absolute Gasteiger partial charge is 0.351 e. The van der Waals surface area contributed by atoms with E-state index in [0.717, 1.165) is 30.6 Å². The van der Waals surface area contributed by atoms with Crippen LogP contribution in [-0.4, -0.2) is 33.2 Å². The number of carbonyl (C=O) groups excluding carboxylic acids is 2. The van der Waals surface area contributed by atoms with Crippen molar-refractivity contribution in [2.45, 2.75) is 32.4 Å². The number of thiazole rings is 1. The van der Waals surface area contributed by atoms with Gasteiger partial charge >= 0.3 is 0 Å². The van der Waals surface area contributed by atoms with Crippen molar-refractivity contribution in [3.05, 3.63) is 46.2 Å². The number of hydrogen-bond donors (Lipinski definition) is 1. The molecule has 3 rings (SSSR count). The highest BCUT2D eigenvalue weighted by Gasteiger charge is 2.31. The number of hydrogen-bond acceptors (Lipinski definition) is 5. The first-order chi connectivity index (χ1) is 11.1. The van der Waals surface area contributed by atoms with Gasteiger partial charge in [0.05, 0.1) is 23.8 Å². The number of rotatable bonds is 4. The fourth-order valence-corrected chi connectivity index (χ4v) is 3.36. The molecule has 1 saturated heterocycles. The minimum absolute atomic E-state index is 0.0195. The summed E-state index contributed by atoms with van der Waals surface area (Å²) in [4.78, 5) is 33.9. The topological polar surface area (TPSA) is 75.2 Å².